The van der Waals surface area contributed by atoms with Crippen LogP contribution in [0, 0.1) is 16.0 Å². The Morgan fingerprint density at radius 2 is 1.76 bits per heavy atom. The van der Waals surface area contributed by atoms with Gasteiger partial charge in [-0.05, 0) is 108 Å². The minimum absolute atomic E-state index is 0.00317. The van der Waals surface area contributed by atoms with Crippen LogP contribution in [0.4, 0.5) is 24.7 Å². The number of hydrogen-bond donors (Lipinski definition) is 1. The number of imidazole rings is 1. The topological polar surface area (TPSA) is 103 Å². The highest BCUT2D eigenvalue weighted by Crippen LogP contribution is 2.29. The first kappa shape index (κ1) is 30.4. The molecular formula is C28H32ClF3N4O5. The zero-order valence-corrected chi connectivity index (χ0v) is 23.1. The van der Waals surface area contributed by atoms with E-state index in [2.05, 4.69) is 14.6 Å². The summed E-state index contributed by atoms with van der Waals surface area (Å²) < 4.78 is 47.9. The number of piperidine rings is 1. The Balaban J connectivity index is 1.13. The average Bonchev–Trinajstić information content (AvgIpc) is 3.32. The van der Waals surface area contributed by atoms with E-state index < -0.39 is 17.4 Å². The number of ether oxygens (including phenoxy) is 2. The molecule has 41 heavy (non-hydrogen) atoms. The predicted octanol–water partition coefficient (Wildman–Crippen LogP) is 6.41. The van der Waals surface area contributed by atoms with Gasteiger partial charge in [-0.25, -0.2) is 0 Å². The van der Waals surface area contributed by atoms with Crippen LogP contribution in [0.25, 0.3) is 0 Å². The fourth-order valence-electron chi connectivity index (χ4n) is 4.87. The van der Waals surface area contributed by atoms with Gasteiger partial charge in [-0.3, -0.25) is 4.57 Å². The molecule has 1 unspecified atom stereocenters. The molecule has 0 bridgehead atoms. The molecule has 1 N–H and O–H groups in total. The van der Waals surface area contributed by atoms with E-state index in [0.29, 0.717) is 18.1 Å². The summed E-state index contributed by atoms with van der Waals surface area (Å²) in [5, 5.41) is 21.0. The Morgan fingerprint density at radius 3 is 2.37 bits per heavy atom. The van der Waals surface area contributed by atoms with Crippen LogP contribution in [-0.2, 0) is 13.0 Å². The third-order valence-corrected chi connectivity index (χ3v) is 7.40. The van der Waals surface area contributed by atoms with Gasteiger partial charge in [0.2, 0.25) is 0 Å². The molecule has 1 saturated heterocycles. The van der Waals surface area contributed by atoms with Gasteiger partial charge in [0.05, 0.1) is 6.10 Å². The SMILES string of the molecule is O=[N+]([O-])c1cn(CCC(O)COc2ccc(N3CCC(CCCc4ccc(OC(F)(F)F)cc4)CC3)cc2)c(Cl)n1. The van der Waals surface area contributed by atoms with E-state index in [4.69, 9.17) is 16.3 Å². The van der Waals surface area contributed by atoms with E-state index in [-0.39, 0.29) is 30.0 Å². The van der Waals surface area contributed by atoms with Crippen molar-refractivity contribution in [1.82, 2.24) is 9.55 Å². The zero-order valence-electron chi connectivity index (χ0n) is 22.3. The third kappa shape index (κ3) is 9.53. The van der Waals surface area contributed by atoms with Crippen molar-refractivity contribution >= 4 is 23.1 Å². The number of aromatic nitrogens is 2. The second-order valence-corrected chi connectivity index (χ2v) is 10.4. The Hall–Kier alpha value is -3.51. The van der Waals surface area contributed by atoms with Gasteiger partial charge in [0, 0.05) is 25.3 Å². The lowest BCUT2D eigenvalue weighted by Gasteiger charge is -2.33. The molecule has 0 saturated carbocycles. The van der Waals surface area contributed by atoms with Crippen molar-refractivity contribution in [2.45, 2.75) is 57.5 Å². The van der Waals surface area contributed by atoms with Crippen LogP contribution in [0.1, 0.15) is 37.7 Å². The summed E-state index contributed by atoms with van der Waals surface area (Å²) in [6.45, 7) is 2.24. The highest BCUT2D eigenvalue weighted by Gasteiger charge is 2.31. The standard InChI is InChI=1S/C28H32ClF3N4O5/c29-27-33-26(36(38)39)18-35(27)17-14-23(37)19-40-24-10-6-22(7-11-24)34-15-12-21(13-16-34)3-1-2-20-4-8-25(9-5-20)41-28(30,31)32/h4-11,18,21,23,37H,1-3,12-17,19H2. The van der Waals surface area contributed by atoms with E-state index >= 15 is 0 Å². The molecule has 2 heterocycles. The first-order chi connectivity index (χ1) is 19.6. The largest absolute Gasteiger partial charge is 0.573 e. The lowest BCUT2D eigenvalue weighted by Crippen LogP contribution is -2.33. The maximum atomic E-state index is 12.3. The molecule has 0 amide bonds. The van der Waals surface area contributed by atoms with Gasteiger partial charge in [0.1, 0.15) is 24.3 Å². The molecule has 1 aromatic heterocycles. The summed E-state index contributed by atoms with van der Waals surface area (Å²) in [5.41, 5.74) is 2.11. The predicted molar refractivity (Wildman–Crippen MR) is 147 cm³/mol. The molecule has 0 spiro atoms. The lowest BCUT2D eigenvalue weighted by molar-refractivity contribution is -0.389. The molecule has 1 aliphatic heterocycles. The third-order valence-electron chi connectivity index (χ3n) is 7.10. The minimum atomic E-state index is -4.68. The molecular weight excluding hydrogens is 565 g/mol. The summed E-state index contributed by atoms with van der Waals surface area (Å²) in [4.78, 5) is 16.2. The summed E-state index contributed by atoms with van der Waals surface area (Å²) in [5.74, 6) is 0.717. The maximum Gasteiger partial charge on any atom is 0.573 e. The molecule has 4 rings (SSSR count). The number of anilines is 1. The second-order valence-electron chi connectivity index (χ2n) is 10.1. The first-order valence-corrected chi connectivity index (χ1v) is 13.8. The monoisotopic (exact) mass is 596 g/mol. The van der Waals surface area contributed by atoms with Gasteiger partial charge in [-0.2, -0.15) is 0 Å². The van der Waals surface area contributed by atoms with Crippen LogP contribution in [0.5, 0.6) is 11.5 Å². The van der Waals surface area contributed by atoms with Crippen LogP contribution < -0.4 is 14.4 Å². The Morgan fingerprint density at radius 1 is 1.10 bits per heavy atom. The van der Waals surface area contributed by atoms with Gasteiger partial charge < -0.3 is 29.6 Å². The molecule has 0 aliphatic carbocycles. The fourth-order valence-corrected chi connectivity index (χ4v) is 5.09. The Labute approximate surface area is 240 Å². The molecule has 13 heteroatoms. The van der Waals surface area contributed by atoms with Crippen LogP contribution in [0.2, 0.25) is 5.28 Å². The van der Waals surface area contributed by atoms with Gasteiger partial charge in [-0.15, -0.1) is 13.2 Å². The number of aryl methyl sites for hydroxylation is 2. The van der Waals surface area contributed by atoms with Gasteiger partial charge in [0.25, 0.3) is 0 Å². The average molecular weight is 597 g/mol. The molecule has 0 radical (unpaired) electrons. The number of hydrogen-bond acceptors (Lipinski definition) is 7. The van der Waals surface area contributed by atoms with Crippen molar-refractivity contribution in [2.75, 3.05) is 24.6 Å². The Bertz CT molecular complexity index is 1260. The summed E-state index contributed by atoms with van der Waals surface area (Å²) >= 11 is 5.90. The molecule has 9 nitrogen and oxygen atoms in total. The van der Waals surface area contributed by atoms with E-state index in [9.17, 15) is 28.4 Å². The smallest absolute Gasteiger partial charge is 0.491 e. The minimum Gasteiger partial charge on any atom is -0.491 e. The highest BCUT2D eigenvalue weighted by molar-refractivity contribution is 6.28. The van der Waals surface area contributed by atoms with Crippen molar-refractivity contribution in [3.63, 3.8) is 0 Å². The molecule has 3 aromatic rings. The zero-order chi connectivity index (χ0) is 29.4. The summed E-state index contributed by atoms with van der Waals surface area (Å²) in [7, 11) is 0. The van der Waals surface area contributed by atoms with Crippen molar-refractivity contribution in [1.29, 1.82) is 0 Å². The van der Waals surface area contributed by atoms with E-state index in [1.54, 1.807) is 12.1 Å². The van der Waals surface area contributed by atoms with Crippen LogP contribution >= 0.6 is 11.6 Å². The number of aliphatic hydroxyl groups is 1. The van der Waals surface area contributed by atoms with Crippen molar-refractivity contribution < 1.29 is 32.7 Å². The van der Waals surface area contributed by atoms with Crippen LogP contribution in [0.3, 0.4) is 0 Å². The number of alkyl halides is 3. The summed E-state index contributed by atoms with van der Waals surface area (Å²) in [6, 6.07) is 13.8. The quantitative estimate of drug-likeness (QED) is 0.180. The highest BCUT2D eigenvalue weighted by atomic mass is 35.5. The van der Waals surface area contributed by atoms with E-state index in [1.807, 2.05) is 24.3 Å². The number of rotatable bonds is 13. The normalized spacial score (nSPS) is 15.1. The number of benzene rings is 2. The number of halogens is 4. The number of aliphatic hydroxyl groups excluding tert-OH is 1. The van der Waals surface area contributed by atoms with E-state index in [1.165, 1.54) is 22.9 Å². The maximum absolute atomic E-state index is 12.3. The van der Waals surface area contributed by atoms with Crippen molar-refractivity contribution in [3.8, 4) is 11.5 Å². The van der Waals surface area contributed by atoms with Gasteiger partial charge in [0.15, 0.2) is 0 Å². The molecule has 1 fully saturated rings. The first-order valence-electron chi connectivity index (χ1n) is 13.4. The van der Waals surface area contributed by atoms with Crippen molar-refractivity contribution in [2.24, 2.45) is 5.92 Å². The van der Waals surface area contributed by atoms with E-state index in [0.717, 1.165) is 56.4 Å². The lowest BCUT2D eigenvalue weighted by atomic mass is 9.90. The second kappa shape index (κ2) is 13.9. The summed E-state index contributed by atoms with van der Waals surface area (Å²) in [6.07, 6.45) is 1.11. The molecule has 2 aromatic carbocycles. The Kier molecular flexibility index (Phi) is 10.3. The van der Waals surface area contributed by atoms with Gasteiger partial charge in [-0.1, -0.05) is 12.1 Å². The van der Waals surface area contributed by atoms with Crippen LogP contribution in [-0.4, -0.2) is 51.7 Å². The fraction of sp³-hybridized carbons (Fsp3) is 0.464. The number of nitrogens with zero attached hydrogens (tertiary/aromatic N) is 4. The van der Waals surface area contributed by atoms with Crippen LogP contribution in [0.15, 0.2) is 54.7 Å². The molecule has 1 atom stereocenters. The van der Waals surface area contributed by atoms with Gasteiger partial charge >= 0.3 is 17.5 Å². The molecule has 222 valence electrons. The number of nitro groups is 1. The van der Waals surface area contributed by atoms with Crippen molar-refractivity contribution in [3.05, 3.63) is 75.7 Å². The molecule has 1 aliphatic rings.